The van der Waals surface area contributed by atoms with Crippen molar-refractivity contribution < 1.29 is 9.90 Å². The van der Waals surface area contributed by atoms with E-state index >= 15 is 0 Å². The summed E-state index contributed by atoms with van der Waals surface area (Å²) in [6.07, 6.45) is 0. The van der Waals surface area contributed by atoms with Gasteiger partial charge in [-0.3, -0.25) is 0 Å². The third kappa shape index (κ3) is 2.80. The minimum absolute atomic E-state index is 0.100. The summed E-state index contributed by atoms with van der Waals surface area (Å²) in [5.74, 6) is -0.845. The number of fused-ring (bicyclic) bond motifs is 1. The molecule has 2 aromatic carbocycles. The zero-order chi connectivity index (χ0) is 16.0. The lowest BCUT2D eigenvalue weighted by molar-refractivity contribution is 0.0696. The molecule has 112 valence electrons. The smallest absolute Gasteiger partial charge is 0.336 e. The van der Waals surface area contributed by atoms with E-state index in [1.165, 1.54) is 0 Å². The summed E-state index contributed by atoms with van der Waals surface area (Å²) in [4.78, 5) is 12.0. The lowest BCUT2D eigenvalue weighted by Gasteiger charge is -2.32. The second kappa shape index (κ2) is 4.87. The number of aromatic carboxylic acids is 1. The Morgan fingerprint density at radius 3 is 2.00 bits per heavy atom. The average Bonchev–Trinajstić information content (AvgIpc) is 2.34. The van der Waals surface area contributed by atoms with Gasteiger partial charge >= 0.3 is 5.97 Å². The number of carbonyl (C=O) groups is 1. The van der Waals surface area contributed by atoms with E-state index in [-0.39, 0.29) is 10.8 Å². The van der Waals surface area contributed by atoms with E-state index in [0.29, 0.717) is 5.56 Å². The summed E-state index contributed by atoms with van der Waals surface area (Å²) >= 11 is 0. The fourth-order valence-corrected chi connectivity index (χ4v) is 2.94. The standard InChI is InChI=1S/C19H24O2/c1-18(2,3)14-11-12-9-7-8-10-13(12)15(17(20)21)16(14)19(4,5)6/h7-11H,1-6H3,(H,20,21). The molecular formula is C19H24O2. The summed E-state index contributed by atoms with van der Waals surface area (Å²) in [5.41, 5.74) is 2.19. The van der Waals surface area contributed by atoms with E-state index < -0.39 is 5.97 Å². The second-order valence-electron chi connectivity index (χ2n) is 7.70. The highest BCUT2D eigenvalue weighted by Gasteiger charge is 2.31. The molecule has 1 N–H and O–H groups in total. The van der Waals surface area contributed by atoms with Crippen LogP contribution in [-0.4, -0.2) is 11.1 Å². The van der Waals surface area contributed by atoms with Gasteiger partial charge in [-0.2, -0.15) is 0 Å². The number of rotatable bonds is 1. The van der Waals surface area contributed by atoms with Crippen LogP contribution in [0.15, 0.2) is 30.3 Å². The molecule has 21 heavy (non-hydrogen) atoms. The molecule has 0 saturated heterocycles. The molecule has 0 aliphatic rings. The Morgan fingerprint density at radius 2 is 1.52 bits per heavy atom. The van der Waals surface area contributed by atoms with E-state index in [9.17, 15) is 9.90 Å². The van der Waals surface area contributed by atoms with Crippen LogP contribution in [-0.2, 0) is 10.8 Å². The molecule has 0 atom stereocenters. The molecule has 0 radical (unpaired) electrons. The molecule has 0 unspecified atom stereocenters. The molecule has 2 rings (SSSR count). The highest BCUT2D eigenvalue weighted by molar-refractivity contribution is 6.06. The third-order valence-electron chi connectivity index (χ3n) is 3.82. The Bertz CT molecular complexity index is 698. The van der Waals surface area contributed by atoms with Gasteiger partial charge in [0.2, 0.25) is 0 Å². The van der Waals surface area contributed by atoms with Crippen LogP contribution in [0.3, 0.4) is 0 Å². The first-order valence-corrected chi connectivity index (χ1v) is 7.33. The first kappa shape index (κ1) is 15.6. The van der Waals surface area contributed by atoms with Crippen molar-refractivity contribution in [3.05, 3.63) is 47.0 Å². The van der Waals surface area contributed by atoms with Crippen molar-refractivity contribution in [3.63, 3.8) is 0 Å². The maximum Gasteiger partial charge on any atom is 0.336 e. The van der Waals surface area contributed by atoms with Gasteiger partial charge in [0.05, 0.1) is 5.56 Å². The summed E-state index contributed by atoms with van der Waals surface area (Å²) in [6, 6.07) is 9.90. The summed E-state index contributed by atoms with van der Waals surface area (Å²) < 4.78 is 0. The van der Waals surface area contributed by atoms with Crippen molar-refractivity contribution in [2.75, 3.05) is 0 Å². The molecule has 2 heteroatoms. The Labute approximate surface area is 126 Å². The lowest BCUT2D eigenvalue weighted by Crippen LogP contribution is -2.25. The molecule has 0 aromatic heterocycles. The van der Waals surface area contributed by atoms with Crippen LogP contribution in [0, 0.1) is 0 Å². The molecule has 0 heterocycles. The molecule has 0 amide bonds. The first-order chi connectivity index (χ1) is 9.53. The van der Waals surface area contributed by atoms with E-state index in [0.717, 1.165) is 21.9 Å². The van der Waals surface area contributed by atoms with Crippen LogP contribution in [0.2, 0.25) is 0 Å². The zero-order valence-electron chi connectivity index (χ0n) is 13.7. The monoisotopic (exact) mass is 284 g/mol. The molecule has 0 aliphatic carbocycles. The predicted octanol–water partition coefficient (Wildman–Crippen LogP) is 5.13. The third-order valence-corrected chi connectivity index (χ3v) is 3.82. The maximum atomic E-state index is 12.0. The number of hydrogen-bond acceptors (Lipinski definition) is 1. The first-order valence-electron chi connectivity index (χ1n) is 7.33. The largest absolute Gasteiger partial charge is 0.478 e. The maximum absolute atomic E-state index is 12.0. The van der Waals surface area contributed by atoms with E-state index in [1.807, 2.05) is 24.3 Å². The molecule has 2 aromatic rings. The molecular weight excluding hydrogens is 260 g/mol. The molecule has 2 nitrogen and oxygen atoms in total. The van der Waals surface area contributed by atoms with Gasteiger partial charge < -0.3 is 5.11 Å². The van der Waals surface area contributed by atoms with Crippen molar-refractivity contribution in [2.24, 2.45) is 0 Å². The fourth-order valence-electron chi connectivity index (χ4n) is 2.94. The van der Waals surface area contributed by atoms with Crippen molar-refractivity contribution in [1.82, 2.24) is 0 Å². The van der Waals surface area contributed by atoms with Gasteiger partial charge in [-0.15, -0.1) is 0 Å². The van der Waals surface area contributed by atoms with E-state index in [1.54, 1.807) is 0 Å². The molecule has 0 fully saturated rings. The van der Waals surface area contributed by atoms with Crippen molar-refractivity contribution >= 4 is 16.7 Å². The van der Waals surface area contributed by atoms with Crippen LogP contribution in [0.1, 0.15) is 63.0 Å². The minimum atomic E-state index is -0.845. The Kier molecular flexibility index (Phi) is 3.61. The number of hydrogen-bond donors (Lipinski definition) is 1. The Balaban J connectivity index is 3.06. The summed E-state index contributed by atoms with van der Waals surface area (Å²) in [6.45, 7) is 12.7. The number of benzene rings is 2. The molecule has 0 bridgehead atoms. The minimum Gasteiger partial charge on any atom is -0.478 e. The zero-order valence-corrected chi connectivity index (χ0v) is 13.7. The summed E-state index contributed by atoms with van der Waals surface area (Å²) in [5, 5.41) is 11.6. The lowest BCUT2D eigenvalue weighted by atomic mass is 9.72. The van der Waals surface area contributed by atoms with E-state index in [4.69, 9.17) is 0 Å². The van der Waals surface area contributed by atoms with Gasteiger partial charge in [-0.05, 0) is 32.7 Å². The van der Waals surface area contributed by atoms with Gasteiger partial charge in [0.1, 0.15) is 0 Å². The number of carboxylic acid groups (broad SMARTS) is 1. The van der Waals surface area contributed by atoms with Crippen LogP contribution >= 0.6 is 0 Å². The highest BCUT2D eigenvalue weighted by Crippen LogP contribution is 2.40. The van der Waals surface area contributed by atoms with E-state index in [2.05, 4.69) is 47.6 Å². The SMILES string of the molecule is CC(C)(C)c1cc2ccccc2c(C(=O)O)c1C(C)(C)C. The van der Waals surface area contributed by atoms with Crippen molar-refractivity contribution in [2.45, 2.75) is 52.4 Å². The highest BCUT2D eigenvalue weighted by atomic mass is 16.4. The van der Waals surface area contributed by atoms with Crippen molar-refractivity contribution in [1.29, 1.82) is 0 Å². The Hall–Kier alpha value is -1.83. The molecule has 0 spiro atoms. The van der Waals surface area contributed by atoms with Crippen molar-refractivity contribution in [3.8, 4) is 0 Å². The topological polar surface area (TPSA) is 37.3 Å². The van der Waals surface area contributed by atoms with Gasteiger partial charge in [-0.25, -0.2) is 4.79 Å². The van der Waals surface area contributed by atoms with Gasteiger partial charge in [0.15, 0.2) is 0 Å². The average molecular weight is 284 g/mol. The molecule has 0 aliphatic heterocycles. The number of carboxylic acids is 1. The quantitative estimate of drug-likeness (QED) is 0.788. The van der Waals surface area contributed by atoms with Crippen LogP contribution in [0.4, 0.5) is 0 Å². The van der Waals surface area contributed by atoms with Gasteiger partial charge in [0, 0.05) is 0 Å². The summed E-state index contributed by atoms with van der Waals surface area (Å²) in [7, 11) is 0. The molecule has 0 saturated carbocycles. The van der Waals surface area contributed by atoms with Crippen LogP contribution in [0.25, 0.3) is 10.8 Å². The second-order valence-corrected chi connectivity index (χ2v) is 7.70. The van der Waals surface area contributed by atoms with Crippen LogP contribution in [0.5, 0.6) is 0 Å². The van der Waals surface area contributed by atoms with Crippen LogP contribution < -0.4 is 0 Å². The predicted molar refractivity (Wildman–Crippen MR) is 88.3 cm³/mol. The fraction of sp³-hybridized carbons (Fsp3) is 0.421. The van der Waals surface area contributed by atoms with Gasteiger partial charge in [0.25, 0.3) is 0 Å². The Morgan fingerprint density at radius 1 is 0.952 bits per heavy atom. The normalized spacial score (nSPS) is 12.7. The van der Waals surface area contributed by atoms with Gasteiger partial charge in [-0.1, -0.05) is 71.9 Å².